The number of nitrogens with zero attached hydrogens (tertiary/aromatic N) is 2. The number of rotatable bonds is 5. The molecule has 1 aliphatic heterocycles. The molecule has 0 radical (unpaired) electrons. The number of hydrogen-bond donors (Lipinski definition) is 1. The Kier molecular flexibility index (Phi) is 4.25. The molecular formula is C9H11N3OS3. The van der Waals surface area contributed by atoms with Crippen LogP contribution in [0.3, 0.4) is 0 Å². The van der Waals surface area contributed by atoms with E-state index in [0.717, 1.165) is 21.6 Å². The fourth-order valence-corrected chi connectivity index (χ4v) is 3.33. The number of hydrogen-bond acceptors (Lipinski definition) is 6. The third kappa shape index (κ3) is 2.99. The summed E-state index contributed by atoms with van der Waals surface area (Å²) in [5, 5.41) is 11.3. The lowest BCUT2D eigenvalue weighted by atomic mass is 10.2. The summed E-state index contributed by atoms with van der Waals surface area (Å²) in [4.78, 5) is 11.6. The molecule has 1 amide bonds. The normalized spacial score (nSPS) is 15.5. The third-order valence-electron chi connectivity index (χ3n) is 1.97. The van der Waals surface area contributed by atoms with Crippen LogP contribution < -0.4 is 5.32 Å². The van der Waals surface area contributed by atoms with Gasteiger partial charge < -0.3 is 5.32 Å². The van der Waals surface area contributed by atoms with Crippen molar-refractivity contribution in [3.05, 3.63) is 12.7 Å². The Bertz CT molecular complexity index is 389. The summed E-state index contributed by atoms with van der Waals surface area (Å²) < 4.78 is 0.859. The Morgan fingerprint density at radius 1 is 1.62 bits per heavy atom. The molecule has 0 unspecified atom stereocenters. The summed E-state index contributed by atoms with van der Waals surface area (Å²) in [5.74, 6) is 2.86. The van der Waals surface area contributed by atoms with Gasteiger partial charge in [0.25, 0.3) is 0 Å². The lowest BCUT2D eigenvalue weighted by molar-refractivity contribution is -0.118. The van der Waals surface area contributed by atoms with Gasteiger partial charge in [-0.1, -0.05) is 29.2 Å². The van der Waals surface area contributed by atoms with Gasteiger partial charge in [0.1, 0.15) is 0 Å². The molecule has 86 valence electrons. The molecule has 0 aliphatic carbocycles. The summed E-state index contributed by atoms with van der Waals surface area (Å²) in [5.41, 5.74) is 0. The number of anilines is 1. The van der Waals surface area contributed by atoms with Crippen LogP contribution in [0.1, 0.15) is 0 Å². The van der Waals surface area contributed by atoms with E-state index in [1.54, 1.807) is 23.5 Å². The first kappa shape index (κ1) is 11.9. The van der Waals surface area contributed by atoms with Gasteiger partial charge in [-0.3, -0.25) is 4.79 Å². The van der Waals surface area contributed by atoms with E-state index in [1.165, 1.54) is 11.3 Å². The zero-order valence-corrected chi connectivity index (χ0v) is 11.0. The molecule has 1 saturated heterocycles. The molecule has 4 nitrogen and oxygen atoms in total. The second-order valence-electron chi connectivity index (χ2n) is 3.20. The van der Waals surface area contributed by atoms with Crippen LogP contribution in [0.5, 0.6) is 0 Å². The predicted molar refractivity (Wildman–Crippen MR) is 70.3 cm³/mol. The topological polar surface area (TPSA) is 54.9 Å². The lowest BCUT2D eigenvalue weighted by Crippen LogP contribution is -2.32. The number of carbonyl (C=O) groups is 1. The van der Waals surface area contributed by atoms with E-state index in [4.69, 9.17) is 0 Å². The smallest absolute Gasteiger partial charge is 0.230 e. The maximum atomic E-state index is 11.6. The average molecular weight is 273 g/mol. The van der Waals surface area contributed by atoms with Crippen molar-refractivity contribution in [2.24, 2.45) is 5.92 Å². The van der Waals surface area contributed by atoms with Crippen LogP contribution in [0, 0.1) is 5.92 Å². The first-order chi connectivity index (χ1) is 7.79. The Balaban J connectivity index is 1.86. The van der Waals surface area contributed by atoms with Crippen LogP contribution in [0.15, 0.2) is 17.0 Å². The Labute approximate surface area is 106 Å². The van der Waals surface area contributed by atoms with Crippen LogP contribution in [0.25, 0.3) is 0 Å². The fraction of sp³-hybridized carbons (Fsp3) is 0.444. The zero-order valence-electron chi connectivity index (χ0n) is 8.51. The van der Waals surface area contributed by atoms with Gasteiger partial charge in [0.05, 0.1) is 5.92 Å². The standard InChI is InChI=1S/C9H11N3OS3/c1-2-3-15-9-12-11-8(16-9)10-7(13)6-4-14-5-6/h2,6H,1,3-5H2,(H,10,11,13). The minimum Gasteiger partial charge on any atom is -0.300 e. The van der Waals surface area contributed by atoms with Gasteiger partial charge in [-0.15, -0.1) is 16.8 Å². The van der Waals surface area contributed by atoms with Gasteiger partial charge in [-0.25, -0.2) is 0 Å². The van der Waals surface area contributed by atoms with Crippen LogP contribution in [0.4, 0.5) is 5.13 Å². The summed E-state index contributed by atoms with van der Waals surface area (Å²) in [6.45, 7) is 3.64. The lowest BCUT2D eigenvalue weighted by Gasteiger charge is -2.22. The van der Waals surface area contributed by atoms with Crippen molar-refractivity contribution in [2.75, 3.05) is 22.6 Å². The van der Waals surface area contributed by atoms with Crippen molar-refractivity contribution in [3.63, 3.8) is 0 Å². The van der Waals surface area contributed by atoms with Crippen molar-refractivity contribution in [2.45, 2.75) is 4.34 Å². The van der Waals surface area contributed by atoms with Gasteiger partial charge >= 0.3 is 0 Å². The van der Waals surface area contributed by atoms with Gasteiger partial charge in [-0.2, -0.15) is 11.8 Å². The number of nitrogens with one attached hydrogen (secondary N) is 1. The molecule has 0 aromatic carbocycles. The van der Waals surface area contributed by atoms with E-state index in [9.17, 15) is 4.79 Å². The summed E-state index contributed by atoms with van der Waals surface area (Å²) >= 11 is 4.77. The molecule has 1 aliphatic rings. The van der Waals surface area contributed by atoms with Crippen molar-refractivity contribution >= 4 is 45.9 Å². The zero-order chi connectivity index (χ0) is 11.4. The van der Waals surface area contributed by atoms with Gasteiger partial charge in [0.2, 0.25) is 11.0 Å². The number of amides is 1. The highest BCUT2D eigenvalue weighted by Gasteiger charge is 2.26. The molecule has 0 saturated carbocycles. The van der Waals surface area contributed by atoms with Crippen molar-refractivity contribution in [3.8, 4) is 0 Å². The third-order valence-corrected chi connectivity index (χ3v) is 5.21. The molecule has 1 N–H and O–H groups in total. The number of carbonyl (C=O) groups excluding carboxylic acids is 1. The summed E-state index contributed by atoms with van der Waals surface area (Å²) in [6.07, 6.45) is 1.82. The Morgan fingerprint density at radius 2 is 2.44 bits per heavy atom. The number of aromatic nitrogens is 2. The Morgan fingerprint density at radius 3 is 3.06 bits per heavy atom. The van der Waals surface area contributed by atoms with E-state index >= 15 is 0 Å². The average Bonchev–Trinajstić information content (AvgIpc) is 2.59. The monoisotopic (exact) mass is 273 g/mol. The molecule has 1 fully saturated rings. The first-order valence-electron chi connectivity index (χ1n) is 4.75. The Hall–Kier alpha value is -0.530. The van der Waals surface area contributed by atoms with Gasteiger partial charge in [-0.05, 0) is 0 Å². The van der Waals surface area contributed by atoms with E-state index in [1.807, 2.05) is 6.08 Å². The largest absolute Gasteiger partial charge is 0.300 e. The molecule has 0 atom stereocenters. The van der Waals surface area contributed by atoms with E-state index in [0.29, 0.717) is 5.13 Å². The molecular weight excluding hydrogens is 262 g/mol. The van der Waals surface area contributed by atoms with Gasteiger partial charge in [0, 0.05) is 17.3 Å². The second kappa shape index (κ2) is 5.70. The quantitative estimate of drug-likeness (QED) is 0.506. The maximum absolute atomic E-state index is 11.6. The van der Waals surface area contributed by atoms with Gasteiger partial charge in [0.15, 0.2) is 4.34 Å². The molecule has 0 bridgehead atoms. The SMILES string of the molecule is C=CCSc1nnc(NC(=O)C2CSC2)s1. The molecule has 7 heteroatoms. The second-order valence-corrected chi connectivity index (χ2v) is 6.52. The van der Waals surface area contributed by atoms with Crippen LogP contribution in [-0.4, -0.2) is 33.4 Å². The summed E-state index contributed by atoms with van der Waals surface area (Å²) in [7, 11) is 0. The van der Waals surface area contributed by atoms with Crippen molar-refractivity contribution in [1.82, 2.24) is 10.2 Å². The number of thioether (sulfide) groups is 2. The molecule has 2 heterocycles. The minimum atomic E-state index is 0.0650. The molecule has 1 aromatic rings. The van der Waals surface area contributed by atoms with Crippen LogP contribution >= 0.6 is 34.9 Å². The van der Waals surface area contributed by atoms with E-state index in [-0.39, 0.29) is 11.8 Å². The highest BCUT2D eigenvalue weighted by atomic mass is 32.2. The van der Waals surface area contributed by atoms with E-state index in [2.05, 4.69) is 22.1 Å². The van der Waals surface area contributed by atoms with Crippen LogP contribution in [0.2, 0.25) is 0 Å². The summed E-state index contributed by atoms with van der Waals surface area (Å²) in [6, 6.07) is 0. The highest BCUT2D eigenvalue weighted by Crippen LogP contribution is 2.28. The minimum absolute atomic E-state index is 0.0650. The maximum Gasteiger partial charge on any atom is 0.230 e. The highest BCUT2D eigenvalue weighted by molar-refractivity contribution is 8.01. The molecule has 1 aromatic heterocycles. The van der Waals surface area contributed by atoms with Crippen molar-refractivity contribution in [1.29, 1.82) is 0 Å². The predicted octanol–water partition coefficient (Wildman–Crippen LogP) is 2.12. The van der Waals surface area contributed by atoms with Crippen molar-refractivity contribution < 1.29 is 4.79 Å². The molecule has 16 heavy (non-hydrogen) atoms. The molecule has 0 spiro atoms. The fourth-order valence-electron chi connectivity index (χ4n) is 1.04. The first-order valence-corrected chi connectivity index (χ1v) is 7.71. The molecule has 2 rings (SSSR count). The van der Waals surface area contributed by atoms with E-state index < -0.39 is 0 Å². The van der Waals surface area contributed by atoms with Crippen LogP contribution in [-0.2, 0) is 4.79 Å².